The molecule has 0 saturated heterocycles. The van der Waals surface area contributed by atoms with E-state index in [1.54, 1.807) is 24.3 Å². The van der Waals surface area contributed by atoms with Gasteiger partial charge in [-0.25, -0.2) is 8.78 Å². The Labute approximate surface area is 255 Å². The maximum atomic E-state index is 14.4. The van der Waals surface area contributed by atoms with Crippen LogP contribution in [0.3, 0.4) is 0 Å². The van der Waals surface area contributed by atoms with E-state index in [0.717, 1.165) is 25.7 Å². The molecule has 0 N–H and O–H groups in total. The highest BCUT2D eigenvalue weighted by molar-refractivity contribution is 5.47. The van der Waals surface area contributed by atoms with Crippen molar-refractivity contribution in [2.45, 2.75) is 129 Å². The van der Waals surface area contributed by atoms with Gasteiger partial charge in [-0.05, 0) is 61.1 Å². The molecule has 0 aliphatic rings. The van der Waals surface area contributed by atoms with Crippen molar-refractivity contribution in [2.75, 3.05) is 13.2 Å². The highest BCUT2D eigenvalue weighted by atomic mass is 19.1. The smallest absolute Gasteiger partial charge is 0.166 e. The Morgan fingerprint density at radius 3 is 1.14 bits per heavy atom. The molecule has 4 heteroatoms. The van der Waals surface area contributed by atoms with Crippen LogP contribution >= 0.6 is 0 Å². The summed E-state index contributed by atoms with van der Waals surface area (Å²) in [4.78, 5) is 0. The molecule has 0 aromatic heterocycles. The van der Waals surface area contributed by atoms with Crippen molar-refractivity contribution < 1.29 is 18.3 Å². The Morgan fingerprint density at radius 1 is 0.476 bits per heavy atom. The normalized spacial score (nSPS) is 10.5. The number of hydrogen-bond donors (Lipinski definition) is 0. The molecule has 2 nitrogen and oxygen atoms in total. The topological polar surface area (TPSA) is 18.5 Å². The second-order valence-electron chi connectivity index (χ2n) is 11.1. The van der Waals surface area contributed by atoms with Crippen LogP contribution in [-0.2, 0) is 0 Å². The van der Waals surface area contributed by atoms with Crippen molar-refractivity contribution in [1.82, 2.24) is 0 Å². The largest absolute Gasteiger partial charge is 0.491 e. The van der Waals surface area contributed by atoms with E-state index in [4.69, 9.17) is 9.47 Å². The van der Waals surface area contributed by atoms with Crippen LogP contribution in [0.25, 0.3) is 0 Å². The van der Waals surface area contributed by atoms with E-state index in [-0.39, 0.29) is 11.5 Å². The lowest BCUT2D eigenvalue weighted by molar-refractivity contribution is 0.290. The van der Waals surface area contributed by atoms with Gasteiger partial charge < -0.3 is 9.47 Å². The first-order chi connectivity index (χ1) is 20.6. The Hall–Kier alpha value is -2.98. The molecule has 0 spiro atoms. The van der Waals surface area contributed by atoms with Gasteiger partial charge in [0.2, 0.25) is 0 Å². The van der Waals surface area contributed by atoms with Gasteiger partial charge in [0.05, 0.1) is 13.2 Å². The van der Waals surface area contributed by atoms with Crippen LogP contribution in [0, 0.1) is 35.3 Å². The summed E-state index contributed by atoms with van der Waals surface area (Å²) in [5.41, 5.74) is 1.03. The number of benzene rings is 2. The summed E-state index contributed by atoms with van der Waals surface area (Å²) in [5.74, 6) is 10.8. The van der Waals surface area contributed by atoms with Crippen molar-refractivity contribution in [2.24, 2.45) is 0 Å². The van der Waals surface area contributed by atoms with Crippen LogP contribution in [0.1, 0.15) is 141 Å². The molecular weight excluding hydrogens is 526 g/mol. The third kappa shape index (κ3) is 16.5. The zero-order valence-electron chi connectivity index (χ0n) is 26.2. The van der Waals surface area contributed by atoms with Crippen LogP contribution in [-0.4, -0.2) is 13.2 Å². The minimum Gasteiger partial charge on any atom is -0.491 e. The van der Waals surface area contributed by atoms with E-state index in [9.17, 15) is 8.78 Å². The molecule has 2 aromatic rings. The summed E-state index contributed by atoms with van der Waals surface area (Å²) < 4.78 is 40.1. The average Bonchev–Trinajstić information content (AvgIpc) is 2.99. The Bertz CT molecular complexity index is 1030. The van der Waals surface area contributed by atoms with Gasteiger partial charge in [0, 0.05) is 11.1 Å². The minimum absolute atomic E-state index is 0.252. The lowest BCUT2D eigenvalue weighted by Crippen LogP contribution is -1.99. The van der Waals surface area contributed by atoms with Crippen molar-refractivity contribution in [3.05, 3.63) is 59.2 Å². The zero-order chi connectivity index (χ0) is 30.1. The number of rotatable bonds is 22. The third-order valence-corrected chi connectivity index (χ3v) is 7.35. The summed E-state index contributed by atoms with van der Waals surface area (Å²) in [6.07, 6.45) is 22.2. The Morgan fingerprint density at radius 2 is 0.810 bits per heavy atom. The molecule has 230 valence electrons. The predicted octanol–water partition coefficient (Wildman–Crippen LogP) is 11.2. The average molecular weight is 579 g/mol. The highest BCUT2D eigenvalue weighted by Gasteiger charge is 2.05. The SMILES string of the molecule is CCCCCCCCCCCOc1ccc(C#CC#Cc2ccc(OCCCCCCCCCCC)c(F)c2)cc1F. The van der Waals surface area contributed by atoms with E-state index < -0.39 is 11.6 Å². The third-order valence-electron chi connectivity index (χ3n) is 7.35. The number of hydrogen-bond acceptors (Lipinski definition) is 2. The molecule has 0 fully saturated rings. The van der Waals surface area contributed by atoms with Gasteiger partial charge in [0.15, 0.2) is 23.1 Å². The van der Waals surface area contributed by atoms with Gasteiger partial charge in [-0.2, -0.15) is 0 Å². The maximum absolute atomic E-state index is 14.4. The van der Waals surface area contributed by atoms with E-state index in [0.29, 0.717) is 24.3 Å². The summed E-state index contributed by atoms with van der Waals surface area (Å²) in [6.45, 7) is 5.50. The zero-order valence-corrected chi connectivity index (χ0v) is 26.2. The van der Waals surface area contributed by atoms with E-state index >= 15 is 0 Å². The van der Waals surface area contributed by atoms with Gasteiger partial charge in [0.1, 0.15) is 0 Å². The van der Waals surface area contributed by atoms with Crippen LogP contribution in [0.5, 0.6) is 11.5 Å². The van der Waals surface area contributed by atoms with Gasteiger partial charge in [-0.1, -0.05) is 128 Å². The first-order valence-electron chi connectivity index (χ1n) is 16.5. The van der Waals surface area contributed by atoms with Crippen LogP contribution in [0.4, 0.5) is 8.78 Å². The first kappa shape index (κ1) is 35.2. The summed E-state index contributed by atoms with van der Waals surface area (Å²) in [5, 5.41) is 0. The lowest BCUT2D eigenvalue weighted by atomic mass is 10.1. The van der Waals surface area contributed by atoms with Crippen molar-refractivity contribution in [1.29, 1.82) is 0 Å². The summed E-state index contributed by atoms with van der Waals surface area (Å²) in [6, 6.07) is 9.40. The number of ether oxygens (including phenoxy) is 2. The molecule has 0 aliphatic heterocycles. The fraction of sp³-hybridized carbons (Fsp3) is 0.579. The quantitative estimate of drug-likeness (QED) is 0.102. The predicted molar refractivity (Wildman–Crippen MR) is 172 cm³/mol. The Kier molecular flexibility index (Phi) is 19.8. The molecule has 2 rings (SSSR count). The highest BCUT2D eigenvalue weighted by Crippen LogP contribution is 2.20. The molecular formula is C38H52F2O2. The van der Waals surface area contributed by atoms with Crippen LogP contribution in [0.2, 0.25) is 0 Å². The fourth-order valence-corrected chi connectivity index (χ4v) is 4.79. The van der Waals surface area contributed by atoms with Crippen molar-refractivity contribution in [3.8, 4) is 35.2 Å². The lowest BCUT2D eigenvalue weighted by Gasteiger charge is -2.07. The van der Waals surface area contributed by atoms with Gasteiger partial charge in [-0.3, -0.25) is 0 Å². The standard InChI is InChI=1S/C38H52F2O2/c1-3-5-7-9-11-13-15-17-21-29-41-37-27-25-33(31-35(37)39)23-19-20-24-34-26-28-38(36(40)32-34)42-30-22-18-16-14-12-10-8-6-4-2/h25-28,31-32H,3-18,21-22,29-30H2,1-2H3. The minimum atomic E-state index is -0.425. The molecule has 0 unspecified atom stereocenters. The summed E-state index contributed by atoms with van der Waals surface area (Å²) >= 11 is 0. The van der Waals surface area contributed by atoms with Gasteiger partial charge >= 0.3 is 0 Å². The number of unbranched alkanes of at least 4 members (excludes halogenated alkanes) is 16. The summed E-state index contributed by atoms with van der Waals surface area (Å²) in [7, 11) is 0. The van der Waals surface area contributed by atoms with E-state index in [1.165, 1.54) is 102 Å². The van der Waals surface area contributed by atoms with Gasteiger partial charge in [0.25, 0.3) is 0 Å². The second-order valence-corrected chi connectivity index (χ2v) is 11.1. The molecule has 0 amide bonds. The van der Waals surface area contributed by atoms with Crippen LogP contribution in [0.15, 0.2) is 36.4 Å². The van der Waals surface area contributed by atoms with Crippen molar-refractivity contribution in [3.63, 3.8) is 0 Å². The molecule has 0 heterocycles. The molecule has 0 aliphatic carbocycles. The number of halogens is 2. The molecule has 0 bridgehead atoms. The van der Waals surface area contributed by atoms with E-state index in [2.05, 4.69) is 37.5 Å². The molecule has 0 atom stereocenters. The Balaban J connectivity index is 1.66. The monoisotopic (exact) mass is 578 g/mol. The second kappa shape index (κ2) is 23.6. The molecule has 0 saturated carbocycles. The molecule has 2 aromatic carbocycles. The van der Waals surface area contributed by atoms with Gasteiger partial charge in [-0.15, -0.1) is 0 Å². The molecule has 42 heavy (non-hydrogen) atoms. The maximum Gasteiger partial charge on any atom is 0.166 e. The van der Waals surface area contributed by atoms with E-state index in [1.807, 2.05) is 0 Å². The first-order valence-corrected chi connectivity index (χ1v) is 16.5. The fourth-order valence-electron chi connectivity index (χ4n) is 4.79. The van der Waals surface area contributed by atoms with Crippen LogP contribution < -0.4 is 9.47 Å². The molecule has 0 radical (unpaired) electrons. The van der Waals surface area contributed by atoms with Crippen molar-refractivity contribution >= 4 is 0 Å².